The normalized spacial score (nSPS) is 12.2. The minimum atomic E-state index is -0.152. The Bertz CT molecular complexity index is 1230. The molecule has 0 spiro atoms. The maximum absolute atomic E-state index is 13.1. The molecule has 0 aliphatic carbocycles. The molecule has 2 N–H and O–H groups in total. The molecule has 0 radical (unpaired) electrons. The lowest BCUT2D eigenvalue weighted by molar-refractivity contribution is 0.0955. The highest BCUT2D eigenvalue weighted by Gasteiger charge is 2.20. The zero-order chi connectivity index (χ0) is 21.8. The van der Waals surface area contributed by atoms with E-state index >= 15 is 0 Å². The fourth-order valence-electron chi connectivity index (χ4n) is 3.42. The number of hydrogen-bond acceptors (Lipinski definition) is 6. The number of thiazole rings is 1. The monoisotopic (exact) mass is 443 g/mol. The van der Waals surface area contributed by atoms with Gasteiger partial charge in [-0.05, 0) is 17.7 Å². The van der Waals surface area contributed by atoms with Crippen molar-refractivity contribution >= 4 is 28.1 Å². The Morgan fingerprint density at radius 1 is 0.906 bits per heavy atom. The number of amides is 1. The number of aromatic nitrogens is 1. The lowest BCUT2D eigenvalue weighted by Gasteiger charge is -2.18. The molecule has 1 aromatic heterocycles. The first-order valence-corrected chi connectivity index (χ1v) is 11.1. The molecule has 0 unspecified atom stereocenters. The van der Waals surface area contributed by atoms with Crippen LogP contribution in [0, 0.1) is 0 Å². The SMILES string of the molecule is O=C(NCc1ccccc1)c1sc(Nc2ccc3c(c2)OCCO3)nc1-c1ccccc1. The van der Waals surface area contributed by atoms with E-state index in [1.165, 1.54) is 11.3 Å². The third-order valence-corrected chi connectivity index (χ3v) is 5.94. The summed E-state index contributed by atoms with van der Waals surface area (Å²) in [4.78, 5) is 18.4. The Balaban J connectivity index is 1.41. The van der Waals surface area contributed by atoms with E-state index in [0.717, 1.165) is 22.6 Å². The average molecular weight is 444 g/mol. The van der Waals surface area contributed by atoms with Crippen LogP contribution in [-0.2, 0) is 6.54 Å². The fourth-order valence-corrected chi connectivity index (χ4v) is 4.35. The second-order valence-corrected chi connectivity index (χ2v) is 8.21. The Hall–Kier alpha value is -3.84. The van der Waals surface area contributed by atoms with Crippen molar-refractivity contribution in [3.63, 3.8) is 0 Å². The standard InChI is InChI=1S/C25H21N3O3S/c29-24(26-16-17-7-3-1-4-8-17)23-22(18-9-5-2-6-10-18)28-25(32-23)27-19-11-12-20-21(15-19)31-14-13-30-20/h1-12,15H,13-14,16H2,(H,26,29)(H,27,28). The summed E-state index contributed by atoms with van der Waals surface area (Å²) in [5, 5.41) is 6.95. The Labute approximate surface area is 189 Å². The first-order chi connectivity index (χ1) is 15.8. The van der Waals surface area contributed by atoms with Gasteiger partial charge in [-0.15, -0.1) is 0 Å². The highest BCUT2D eigenvalue weighted by atomic mass is 32.1. The summed E-state index contributed by atoms with van der Waals surface area (Å²) in [5.41, 5.74) is 3.41. The largest absolute Gasteiger partial charge is 0.486 e. The molecule has 0 bridgehead atoms. The predicted molar refractivity (Wildman–Crippen MR) is 126 cm³/mol. The van der Waals surface area contributed by atoms with Crippen LogP contribution in [0.3, 0.4) is 0 Å². The molecule has 0 atom stereocenters. The number of fused-ring (bicyclic) bond motifs is 1. The van der Waals surface area contributed by atoms with Gasteiger partial charge in [0.25, 0.3) is 5.91 Å². The Morgan fingerprint density at radius 3 is 2.41 bits per heavy atom. The van der Waals surface area contributed by atoms with Crippen LogP contribution in [0.1, 0.15) is 15.2 Å². The van der Waals surface area contributed by atoms with Crippen molar-refractivity contribution in [3.8, 4) is 22.8 Å². The second-order valence-electron chi connectivity index (χ2n) is 7.21. The van der Waals surface area contributed by atoms with Crippen molar-refractivity contribution in [2.24, 2.45) is 0 Å². The van der Waals surface area contributed by atoms with Gasteiger partial charge >= 0.3 is 0 Å². The van der Waals surface area contributed by atoms with Crippen LogP contribution in [0.2, 0.25) is 0 Å². The molecule has 0 saturated carbocycles. The van der Waals surface area contributed by atoms with Crippen molar-refractivity contribution in [3.05, 3.63) is 89.3 Å². The number of rotatable bonds is 6. The van der Waals surface area contributed by atoms with Crippen LogP contribution in [-0.4, -0.2) is 24.1 Å². The van der Waals surface area contributed by atoms with Crippen LogP contribution in [0.15, 0.2) is 78.9 Å². The Kier molecular flexibility index (Phi) is 5.72. The fraction of sp³-hybridized carbons (Fsp3) is 0.120. The van der Waals surface area contributed by atoms with E-state index in [4.69, 9.17) is 14.5 Å². The van der Waals surface area contributed by atoms with Gasteiger partial charge in [0, 0.05) is 23.9 Å². The highest BCUT2D eigenvalue weighted by molar-refractivity contribution is 7.18. The third-order valence-electron chi connectivity index (χ3n) is 4.97. The summed E-state index contributed by atoms with van der Waals surface area (Å²) in [5.74, 6) is 1.27. The lowest BCUT2D eigenvalue weighted by atomic mass is 10.1. The van der Waals surface area contributed by atoms with Gasteiger partial charge in [0.05, 0.1) is 5.69 Å². The van der Waals surface area contributed by atoms with Crippen LogP contribution in [0.4, 0.5) is 10.8 Å². The van der Waals surface area contributed by atoms with Crippen molar-refractivity contribution in [1.82, 2.24) is 10.3 Å². The number of nitrogens with one attached hydrogen (secondary N) is 2. The summed E-state index contributed by atoms with van der Waals surface area (Å²) >= 11 is 1.32. The Morgan fingerprint density at radius 2 is 1.62 bits per heavy atom. The summed E-state index contributed by atoms with van der Waals surface area (Å²) in [6.45, 7) is 1.53. The van der Waals surface area contributed by atoms with Gasteiger partial charge in [0.2, 0.25) is 0 Å². The third kappa shape index (κ3) is 4.43. The highest BCUT2D eigenvalue weighted by Crippen LogP contribution is 2.36. The van der Waals surface area contributed by atoms with Gasteiger partial charge in [-0.1, -0.05) is 72.0 Å². The molecule has 1 aliphatic heterocycles. The van der Waals surface area contributed by atoms with Gasteiger partial charge < -0.3 is 20.1 Å². The summed E-state index contributed by atoms with van der Waals surface area (Å²) < 4.78 is 11.3. The molecule has 1 aliphatic rings. The van der Waals surface area contributed by atoms with Gasteiger partial charge in [-0.3, -0.25) is 4.79 Å². The first-order valence-electron chi connectivity index (χ1n) is 10.3. The van der Waals surface area contributed by atoms with E-state index in [0.29, 0.717) is 41.2 Å². The van der Waals surface area contributed by atoms with Crippen LogP contribution in [0.25, 0.3) is 11.3 Å². The van der Waals surface area contributed by atoms with E-state index in [2.05, 4.69) is 10.6 Å². The number of carbonyl (C=O) groups excluding carboxylic acids is 1. The van der Waals surface area contributed by atoms with Gasteiger partial charge in [-0.25, -0.2) is 4.98 Å². The number of hydrogen-bond donors (Lipinski definition) is 2. The number of benzene rings is 3. The molecule has 7 heteroatoms. The number of carbonyl (C=O) groups is 1. The summed E-state index contributed by atoms with van der Waals surface area (Å²) in [6, 6.07) is 25.2. The molecular weight excluding hydrogens is 422 g/mol. The summed E-state index contributed by atoms with van der Waals surface area (Å²) in [7, 11) is 0. The second kappa shape index (κ2) is 9.11. The smallest absolute Gasteiger partial charge is 0.264 e. The minimum Gasteiger partial charge on any atom is -0.486 e. The first kappa shape index (κ1) is 20.1. The maximum atomic E-state index is 13.1. The van der Waals surface area contributed by atoms with E-state index < -0.39 is 0 Å². The van der Waals surface area contributed by atoms with E-state index in [-0.39, 0.29) is 5.91 Å². The van der Waals surface area contributed by atoms with Crippen molar-refractivity contribution in [2.45, 2.75) is 6.54 Å². The average Bonchev–Trinajstić information content (AvgIpc) is 3.27. The molecule has 160 valence electrons. The molecule has 4 aromatic rings. The summed E-state index contributed by atoms with van der Waals surface area (Å²) in [6.07, 6.45) is 0. The van der Waals surface area contributed by atoms with Crippen molar-refractivity contribution in [2.75, 3.05) is 18.5 Å². The maximum Gasteiger partial charge on any atom is 0.264 e. The van der Waals surface area contributed by atoms with Crippen molar-refractivity contribution in [1.29, 1.82) is 0 Å². The number of anilines is 2. The molecule has 0 fully saturated rings. The molecule has 32 heavy (non-hydrogen) atoms. The van der Waals surface area contributed by atoms with E-state index in [9.17, 15) is 4.79 Å². The molecule has 6 nitrogen and oxygen atoms in total. The zero-order valence-electron chi connectivity index (χ0n) is 17.2. The van der Waals surface area contributed by atoms with Gasteiger partial charge in [-0.2, -0.15) is 0 Å². The lowest BCUT2D eigenvalue weighted by Crippen LogP contribution is -2.22. The zero-order valence-corrected chi connectivity index (χ0v) is 18.0. The molecule has 0 saturated heterocycles. The van der Waals surface area contributed by atoms with Crippen LogP contribution in [0.5, 0.6) is 11.5 Å². The van der Waals surface area contributed by atoms with Crippen molar-refractivity contribution < 1.29 is 14.3 Å². The van der Waals surface area contributed by atoms with Crippen LogP contribution >= 0.6 is 11.3 Å². The topological polar surface area (TPSA) is 72.5 Å². The molecule has 1 amide bonds. The molecule has 3 aromatic carbocycles. The quantitative estimate of drug-likeness (QED) is 0.426. The van der Waals surface area contributed by atoms with Crippen LogP contribution < -0.4 is 20.1 Å². The van der Waals surface area contributed by atoms with Gasteiger partial charge in [0.1, 0.15) is 18.1 Å². The van der Waals surface area contributed by atoms with E-state index in [1.54, 1.807) is 0 Å². The predicted octanol–water partition coefficient (Wildman–Crippen LogP) is 5.25. The minimum absolute atomic E-state index is 0.152. The number of nitrogens with zero attached hydrogens (tertiary/aromatic N) is 1. The van der Waals surface area contributed by atoms with E-state index in [1.807, 2.05) is 78.9 Å². The van der Waals surface area contributed by atoms with Gasteiger partial charge in [0.15, 0.2) is 16.6 Å². The molecule has 5 rings (SSSR count). The molecule has 2 heterocycles. The molecular formula is C25H21N3O3S. The number of ether oxygens (including phenoxy) is 2.